The highest BCUT2D eigenvalue weighted by Crippen LogP contribution is 2.58. The van der Waals surface area contributed by atoms with Gasteiger partial charge in [0, 0.05) is 18.4 Å². The van der Waals surface area contributed by atoms with E-state index in [1.807, 2.05) is 13.8 Å². The van der Waals surface area contributed by atoms with E-state index >= 15 is 0 Å². The molecule has 6 atom stereocenters. The number of ether oxygens (including phenoxy) is 1. The van der Waals surface area contributed by atoms with Gasteiger partial charge in [-0.05, 0) is 37.0 Å². The van der Waals surface area contributed by atoms with Gasteiger partial charge in [0.25, 0.3) is 0 Å². The molecule has 6 nitrogen and oxygen atoms in total. The Bertz CT molecular complexity index is 799. The molecule has 4 rings (SSSR count). The molecule has 2 aliphatic heterocycles. The Morgan fingerprint density at radius 3 is 2.70 bits per heavy atom. The summed E-state index contributed by atoms with van der Waals surface area (Å²) in [5, 5.41) is 20.7. The van der Waals surface area contributed by atoms with Crippen LogP contribution in [-0.4, -0.2) is 39.3 Å². The lowest BCUT2D eigenvalue weighted by Gasteiger charge is -2.43. The van der Waals surface area contributed by atoms with Crippen LogP contribution in [-0.2, 0) is 14.3 Å². The van der Waals surface area contributed by atoms with E-state index in [9.17, 15) is 24.2 Å². The van der Waals surface area contributed by atoms with E-state index in [0.717, 1.165) is 0 Å². The quantitative estimate of drug-likeness (QED) is 0.790. The number of halogens is 1. The Morgan fingerprint density at radius 2 is 2.04 bits per heavy atom. The standard InChI is InChI=1S/C20H24FNO5/c1-3-6-22-18(24)12-7-10(2)20(26)13(17(12)19(22)25)9-16(27-20)11-4-5-15(23)14(21)8-11/h4-5,8,10,12-13,16-17,23,26H,3,6-7,9H2,1-2H3/t10-,12-,13-,16-,17-,20+/m0/s1. The van der Waals surface area contributed by atoms with Gasteiger partial charge in [0.15, 0.2) is 17.4 Å². The molecule has 2 heterocycles. The number of aliphatic hydroxyl groups is 1. The van der Waals surface area contributed by atoms with E-state index in [4.69, 9.17) is 4.74 Å². The second-order valence-corrected chi connectivity index (χ2v) is 8.01. The fourth-order valence-corrected chi connectivity index (χ4v) is 5.08. The van der Waals surface area contributed by atoms with Crippen LogP contribution < -0.4 is 0 Å². The second-order valence-electron chi connectivity index (χ2n) is 8.01. The number of benzene rings is 1. The van der Waals surface area contributed by atoms with E-state index < -0.39 is 41.2 Å². The summed E-state index contributed by atoms with van der Waals surface area (Å²) >= 11 is 0. The summed E-state index contributed by atoms with van der Waals surface area (Å²) in [4.78, 5) is 27.0. The van der Waals surface area contributed by atoms with Gasteiger partial charge in [-0.1, -0.05) is 19.9 Å². The van der Waals surface area contributed by atoms with Crippen molar-refractivity contribution in [3.05, 3.63) is 29.6 Å². The molecular formula is C20H24FNO5. The lowest BCUT2D eigenvalue weighted by Crippen LogP contribution is -2.52. The summed E-state index contributed by atoms with van der Waals surface area (Å²) in [7, 11) is 0. The van der Waals surface area contributed by atoms with Crippen LogP contribution in [0.4, 0.5) is 4.39 Å². The number of imide groups is 1. The zero-order valence-corrected chi connectivity index (χ0v) is 15.4. The molecule has 3 fully saturated rings. The van der Waals surface area contributed by atoms with Crippen molar-refractivity contribution in [3.8, 4) is 5.75 Å². The highest BCUT2D eigenvalue weighted by molar-refractivity contribution is 6.05. The lowest BCUT2D eigenvalue weighted by atomic mass is 9.65. The van der Waals surface area contributed by atoms with Gasteiger partial charge < -0.3 is 14.9 Å². The minimum atomic E-state index is -1.53. The number of likely N-dealkylation sites (tertiary alicyclic amines) is 1. The number of aromatic hydroxyl groups is 1. The normalized spacial score (nSPS) is 38.2. The highest BCUT2D eigenvalue weighted by Gasteiger charge is 2.65. The van der Waals surface area contributed by atoms with Crippen LogP contribution in [0.2, 0.25) is 0 Å². The van der Waals surface area contributed by atoms with Gasteiger partial charge in [-0.15, -0.1) is 0 Å². The van der Waals surface area contributed by atoms with Crippen LogP contribution >= 0.6 is 0 Å². The molecule has 0 radical (unpaired) electrons. The maximum Gasteiger partial charge on any atom is 0.233 e. The molecule has 1 aromatic carbocycles. The van der Waals surface area contributed by atoms with Gasteiger partial charge in [-0.2, -0.15) is 0 Å². The largest absolute Gasteiger partial charge is 0.505 e. The highest BCUT2D eigenvalue weighted by atomic mass is 19.1. The Labute approximate surface area is 156 Å². The summed E-state index contributed by atoms with van der Waals surface area (Å²) < 4.78 is 19.7. The first-order valence-corrected chi connectivity index (χ1v) is 9.51. The molecule has 2 N–H and O–H groups in total. The number of fused-ring (bicyclic) bond motifs is 3. The molecule has 146 valence electrons. The Balaban J connectivity index is 1.67. The van der Waals surface area contributed by atoms with Gasteiger partial charge in [-0.25, -0.2) is 4.39 Å². The van der Waals surface area contributed by atoms with Crippen LogP contribution in [0.5, 0.6) is 5.75 Å². The van der Waals surface area contributed by atoms with Gasteiger partial charge in [0.2, 0.25) is 11.8 Å². The van der Waals surface area contributed by atoms with E-state index in [1.165, 1.54) is 17.0 Å². The minimum absolute atomic E-state index is 0.153. The molecule has 0 unspecified atom stereocenters. The lowest BCUT2D eigenvalue weighted by molar-refractivity contribution is -0.265. The van der Waals surface area contributed by atoms with E-state index in [2.05, 4.69) is 0 Å². The van der Waals surface area contributed by atoms with Crippen molar-refractivity contribution in [3.63, 3.8) is 0 Å². The van der Waals surface area contributed by atoms with Crippen molar-refractivity contribution in [1.29, 1.82) is 0 Å². The van der Waals surface area contributed by atoms with Crippen LogP contribution in [0.3, 0.4) is 0 Å². The topological polar surface area (TPSA) is 87.1 Å². The maximum absolute atomic E-state index is 13.8. The third-order valence-electron chi connectivity index (χ3n) is 6.44. The molecule has 1 saturated carbocycles. The molecule has 27 heavy (non-hydrogen) atoms. The van der Waals surface area contributed by atoms with Gasteiger partial charge in [0.05, 0.1) is 17.9 Å². The first-order valence-electron chi connectivity index (χ1n) is 9.51. The van der Waals surface area contributed by atoms with Crippen molar-refractivity contribution < 1.29 is 28.9 Å². The molecule has 0 bridgehead atoms. The SMILES string of the molecule is CCCN1C(=O)[C@H]2[C@H](C[C@H](C)[C@@]3(O)O[C@H](c4ccc(O)c(F)c4)C[C@@H]23)C1=O. The van der Waals surface area contributed by atoms with Gasteiger partial charge in [0.1, 0.15) is 0 Å². The average Bonchev–Trinajstić information content (AvgIpc) is 3.09. The van der Waals surface area contributed by atoms with E-state index in [1.54, 1.807) is 6.07 Å². The number of amides is 2. The van der Waals surface area contributed by atoms with E-state index in [0.29, 0.717) is 31.4 Å². The molecule has 3 aliphatic rings. The number of phenols is 1. The predicted octanol–water partition coefficient (Wildman–Crippen LogP) is 2.35. The van der Waals surface area contributed by atoms with Crippen molar-refractivity contribution in [2.75, 3.05) is 6.54 Å². The predicted molar refractivity (Wildman–Crippen MR) is 92.7 cm³/mol. The van der Waals surface area contributed by atoms with Crippen LogP contribution in [0, 0.1) is 29.5 Å². The summed E-state index contributed by atoms with van der Waals surface area (Å²) in [5.41, 5.74) is 0.499. The second kappa shape index (κ2) is 6.27. The monoisotopic (exact) mass is 377 g/mol. The third-order valence-corrected chi connectivity index (χ3v) is 6.44. The zero-order valence-electron chi connectivity index (χ0n) is 15.4. The number of carbonyl (C=O) groups is 2. The molecule has 0 spiro atoms. The molecule has 7 heteroatoms. The van der Waals surface area contributed by atoms with Crippen LogP contribution in [0.25, 0.3) is 0 Å². The number of hydrogen-bond acceptors (Lipinski definition) is 5. The fraction of sp³-hybridized carbons (Fsp3) is 0.600. The van der Waals surface area contributed by atoms with Crippen LogP contribution in [0.1, 0.15) is 44.8 Å². The number of hydrogen-bond donors (Lipinski definition) is 2. The Kier molecular flexibility index (Phi) is 4.27. The molecule has 0 aromatic heterocycles. The van der Waals surface area contributed by atoms with Gasteiger partial charge in [-0.3, -0.25) is 14.5 Å². The zero-order chi connectivity index (χ0) is 19.5. The first-order chi connectivity index (χ1) is 12.8. The molecule has 2 saturated heterocycles. The average molecular weight is 377 g/mol. The van der Waals surface area contributed by atoms with E-state index in [-0.39, 0.29) is 17.7 Å². The minimum Gasteiger partial charge on any atom is -0.505 e. The van der Waals surface area contributed by atoms with Crippen molar-refractivity contribution in [1.82, 2.24) is 4.90 Å². The smallest absolute Gasteiger partial charge is 0.233 e. The van der Waals surface area contributed by atoms with Crippen molar-refractivity contribution in [2.24, 2.45) is 23.7 Å². The molecule has 2 amide bonds. The number of rotatable bonds is 3. The van der Waals surface area contributed by atoms with Crippen molar-refractivity contribution >= 4 is 11.8 Å². The molecule has 1 aromatic rings. The Hall–Kier alpha value is -1.99. The molecule has 1 aliphatic carbocycles. The molecular weight excluding hydrogens is 353 g/mol. The third kappa shape index (κ3) is 2.59. The summed E-state index contributed by atoms with van der Waals surface area (Å²) in [6.45, 7) is 4.12. The van der Waals surface area contributed by atoms with Crippen molar-refractivity contribution in [2.45, 2.75) is 45.0 Å². The Morgan fingerprint density at radius 1 is 1.30 bits per heavy atom. The summed E-state index contributed by atoms with van der Waals surface area (Å²) in [5.74, 6) is -5.00. The fourth-order valence-electron chi connectivity index (χ4n) is 5.08. The van der Waals surface area contributed by atoms with Crippen LogP contribution in [0.15, 0.2) is 18.2 Å². The summed E-state index contributed by atoms with van der Waals surface area (Å²) in [6, 6.07) is 3.99. The number of nitrogens with zero attached hydrogens (tertiary/aromatic N) is 1. The number of phenolic OH excluding ortho intramolecular Hbond substituents is 1. The number of carbonyl (C=O) groups excluding carboxylic acids is 2. The van der Waals surface area contributed by atoms with Gasteiger partial charge >= 0.3 is 0 Å². The maximum atomic E-state index is 13.8. The summed E-state index contributed by atoms with van der Waals surface area (Å²) in [6.07, 6.45) is 0.803. The first kappa shape index (κ1) is 18.4.